The van der Waals surface area contributed by atoms with Gasteiger partial charge in [0.2, 0.25) is 0 Å². The second-order valence-electron chi connectivity index (χ2n) is 3.54. The van der Waals surface area contributed by atoms with Crippen LogP contribution in [-0.2, 0) is 4.74 Å². The molecule has 0 aliphatic heterocycles. The van der Waals surface area contributed by atoms with Gasteiger partial charge in [-0.25, -0.2) is 0 Å². The van der Waals surface area contributed by atoms with Crippen LogP contribution in [0.25, 0.3) is 0 Å². The van der Waals surface area contributed by atoms with Gasteiger partial charge in [-0.2, -0.15) is 0 Å². The predicted octanol–water partition coefficient (Wildman–Crippen LogP) is 3.22. The van der Waals surface area contributed by atoms with Gasteiger partial charge in [-0.05, 0) is 25.5 Å². The van der Waals surface area contributed by atoms with Crippen molar-refractivity contribution in [3.63, 3.8) is 0 Å². The van der Waals surface area contributed by atoms with Crippen LogP contribution in [-0.4, -0.2) is 23.6 Å². The number of ether oxygens (including phenoxy) is 1. The molecule has 84 valence electrons. The molecule has 0 bridgehead atoms. The molecular formula is C12H18ClNO. The number of hydrogen-bond acceptors (Lipinski definition) is 2. The van der Waals surface area contributed by atoms with Crippen molar-refractivity contribution in [3.05, 3.63) is 30.1 Å². The van der Waals surface area contributed by atoms with Gasteiger partial charge in [-0.1, -0.05) is 13.0 Å². The quantitative estimate of drug-likeness (QED) is 0.550. The summed E-state index contributed by atoms with van der Waals surface area (Å²) in [5, 5.41) is 0.0893. The topological polar surface area (TPSA) is 22.1 Å². The van der Waals surface area contributed by atoms with Gasteiger partial charge >= 0.3 is 0 Å². The number of alkyl halides is 1. The second-order valence-corrected chi connectivity index (χ2v) is 4.11. The van der Waals surface area contributed by atoms with Crippen molar-refractivity contribution in [1.82, 2.24) is 4.98 Å². The molecule has 0 aliphatic carbocycles. The van der Waals surface area contributed by atoms with Crippen LogP contribution in [0.1, 0.15) is 31.9 Å². The molecule has 0 saturated carbocycles. The third-order valence-corrected chi connectivity index (χ3v) is 3.04. The lowest BCUT2D eigenvalue weighted by atomic mass is 10.0. The van der Waals surface area contributed by atoms with Crippen LogP contribution in [0.4, 0.5) is 0 Å². The Balaban J connectivity index is 2.42. The molecule has 0 radical (unpaired) electrons. The minimum atomic E-state index is 0.0893. The summed E-state index contributed by atoms with van der Waals surface area (Å²) >= 11 is 6.28. The van der Waals surface area contributed by atoms with Gasteiger partial charge in [0.05, 0.1) is 0 Å². The summed E-state index contributed by atoms with van der Waals surface area (Å²) < 4.78 is 5.29. The van der Waals surface area contributed by atoms with Gasteiger partial charge in [0.1, 0.15) is 0 Å². The zero-order valence-corrected chi connectivity index (χ0v) is 10.1. The predicted molar refractivity (Wildman–Crippen MR) is 63.4 cm³/mol. The highest BCUT2D eigenvalue weighted by Gasteiger charge is 2.16. The molecule has 0 saturated heterocycles. The van der Waals surface area contributed by atoms with Crippen molar-refractivity contribution in [1.29, 1.82) is 0 Å². The molecule has 3 heteroatoms. The van der Waals surface area contributed by atoms with Crippen molar-refractivity contribution in [3.8, 4) is 0 Å². The highest BCUT2D eigenvalue weighted by atomic mass is 35.5. The maximum absolute atomic E-state index is 6.28. The highest BCUT2D eigenvalue weighted by molar-refractivity contribution is 6.21. The van der Waals surface area contributed by atoms with Crippen LogP contribution in [0.15, 0.2) is 24.4 Å². The maximum Gasteiger partial charge on any atom is 0.0480 e. The van der Waals surface area contributed by atoms with Gasteiger partial charge in [0, 0.05) is 36.4 Å². The minimum absolute atomic E-state index is 0.0893. The molecule has 2 nitrogen and oxygen atoms in total. The van der Waals surface area contributed by atoms with E-state index in [1.807, 2.05) is 25.1 Å². The van der Waals surface area contributed by atoms with E-state index in [0.717, 1.165) is 25.3 Å². The molecule has 0 amide bonds. The normalized spacial score (nSPS) is 14.9. The fraction of sp³-hybridized carbons (Fsp3) is 0.583. The molecule has 2 unspecified atom stereocenters. The van der Waals surface area contributed by atoms with E-state index in [9.17, 15) is 0 Å². The first-order chi connectivity index (χ1) is 7.25. The molecule has 15 heavy (non-hydrogen) atoms. The SMILES string of the molecule is CCOCCC(Cl)C(C)c1ccccn1. The van der Waals surface area contributed by atoms with E-state index in [-0.39, 0.29) is 11.3 Å². The lowest BCUT2D eigenvalue weighted by molar-refractivity contribution is 0.143. The zero-order chi connectivity index (χ0) is 11.1. The average molecular weight is 228 g/mol. The van der Waals surface area contributed by atoms with Crippen molar-refractivity contribution in [2.75, 3.05) is 13.2 Å². The monoisotopic (exact) mass is 227 g/mol. The van der Waals surface area contributed by atoms with Gasteiger partial charge < -0.3 is 4.74 Å². The molecule has 0 aliphatic rings. The molecule has 1 aromatic rings. The molecule has 0 fully saturated rings. The summed E-state index contributed by atoms with van der Waals surface area (Å²) in [4.78, 5) is 4.30. The van der Waals surface area contributed by atoms with E-state index >= 15 is 0 Å². The van der Waals surface area contributed by atoms with E-state index in [0.29, 0.717) is 0 Å². The number of aromatic nitrogens is 1. The number of pyridine rings is 1. The Kier molecular flexibility index (Phi) is 5.66. The Labute approximate surface area is 96.6 Å². The zero-order valence-electron chi connectivity index (χ0n) is 9.32. The summed E-state index contributed by atoms with van der Waals surface area (Å²) in [7, 11) is 0. The molecule has 0 N–H and O–H groups in total. The summed E-state index contributed by atoms with van der Waals surface area (Å²) in [5.74, 6) is 0.272. The first kappa shape index (κ1) is 12.5. The number of hydrogen-bond donors (Lipinski definition) is 0. The fourth-order valence-corrected chi connectivity index (χ4v) is 1.64. The van der Waals surface area contributed by atoms with Crippen LogP contribution in [0.2, 0.25) is 0 Å². The Hall–Kier alpha value is -0.600. The Morgan fingerprint density at radius 1 is 1.47 bits per heavy atom. The van der Waals surface area contributed by atoms with Crippen molar-refractivity contribution >= 4 is 11.6 Å². The lowest BCUT2D eigenvalue weighted by Gasteiger charge is -2.17. The van der Waals surface area contributed by atoms with Gasteiger partial charge in [-0.15, -0.1) is 11.6 Å². The smallest absolute Gasteiger partial charge is 0.0480 e. The van der Waals surface area contributed by atoms with E-state index in [1.165, 1.54) is 0 Å². The highest BCUT2D eigenvalue weighted by Crippen LogP contribution is 2.23. The summed E-state index contributed by atoms with van der Waals surface area (Å²) in [5.41, 5.74) is 1.05. The summed E-state index contributed by atoms with van der Waals surface area (Å²) in [6.07, 6.45) is 2.67. The average Bonchev–Trinajstić information content (AvgIpc) is 2.29. The largest absolute Gasteiger partial charge is 0.382 e. The minimum Gasteiger partial charge on any atom is -0.382 e. The third kappa shape index (κ3) is 4.18. The second kappa shape index (κ2) is 6.81. The number of rotatable bonds is 6. The van der Waals surface area contributed by atoms with E-state index < -0.39 is 0 Å². The van der Waals surface area contributed by atoms with Crippen LogP contribution < -0.4 is 0 Å². The van der Waals surface area contributed by atoms with Gasteiger partial charge in [-0.3, -0.25) is 4.98 Å². The maximum atomic E-state index is 6.28. The van der Waals surface area contributed by atoms with E-state index in [1.54, 1.807) is 6.20 Å². The van der Waals surface area contributed by atoms with E-state index in [4.69, 9.17) is 16.3 Å². The molecule has 0 spiro atoms. The standard InChI is InChI=1S/C12H18ClNO/c1-3-15-9-7-11(13)10(2)12-6-4-5-8-14-12/h4-6,8,10-11H,3,7,9H2,1-2H3. The van der Waals surface area contributed by atoms with Crippen LogP contribution in [0.3, 0.4) is 0 Å². The Bertz CT molecular complexity index is 266. The fourth-order valence-electron chi connectivity index (χ4n) is 1.42. The molecule has 1 heterocycles. The lowest BCUT2D eigenvalue weighted by Crippen LogP contribution is -2.13. The van der Waals surface area contributed by atoms with Gasteiger partial charge in [0.25, 0.3) is 0 Å². The molecule has 2 atom stereocenters. The third-order valence-electron chi connectivity index (χ3n) is 2.44. The van der Waals surface area contributed by atoms with Crippen molar-refractivity contribution in [2.24, 2.45) is 0 Å². The number of halogens is 1. The first-order valence-corrected chi connectivity index (χ1v) is 5.82. The molecule has 1 rings (SSSR count). The van der Waals surface area contributed by atoms with Crippen LogP contribution >= 0.6 is 11.6 Å². The van der Waals surface area contributed by atoms with E-state index in [2.05, 4.69) is 11.9 Å². The summed E-state index contributed by atoms with van der Waals surface area (Å²) in [6.45, 7) is 5.57. The summed E-state index contributed by atoms with van der Waals surface area (Å²) in [6, 6.07) is 5.92. The van der Waals surface area contributed by atoms with Gasteiger partial charge in [0.15, 0.2) is 0 Å². The molecule has 0 aromatic carbocycles. The van der Waals surface area contributed by atoms with Crippen LogP contribution in [0.5, 0.6) is 0 Å². The van der Waals surface area contributed by atoms with Crippen LogP contribution in [0, 0.1) is 0 Å². The Morgan fingerprint density at radius 2 is 2.27 bits per heavy atom. The first-order valence-electron chi connectivity index (χ1n) is 5.38. The molecule has 1 aromatic heterocycles. The molecular weight excluding hydrogens is 210 g/mol. The Morgan fingerprint density at radius 3 is 2.87 bits per heavy atom. The number of nitrogens with zero attached hydrogens (tertiary/aromatic N) is 1. The van der Waals surface area contributed by atoms with Crippen molar-refractivity contribution < 1.29 is 4.74 Å². The van der Waals surface area contributed by atoms with Crippen molar-refractivity contribution in [2.45, 2.75) is 31.6 Å².